The number of alkyl halides is 3. The van der Waals surface area contributed by atoms with Gasteiger partial charge < -0.3 is 63.7 Å². The van der Waals surface area contributed by atoms with Crippen LogP contribution in [0.5, 0.6) is 5.75 Å². The van der Waals surface area contributed by atoms with Crippen LogP contribution in [0.3, 0.4) is 0 Å². The van der Waals surface area contributed by atoms with Crippen molar-refractivity contribution in [2.75, 3.05) is 89.8 Å². The van der Waals surface area contributed by atoms with Crippen molar-refractivity contribution in [1.82, 2.24) is 45.5 Å². The van der Waals surface area contributed by atoms with Crippen molar-refractivity contribution in [2.45, 2.75) is 130 Å². The number of aryl methyl sites for hydroxylation is 2. The smallest absolute Gasteiger partial charge is 0.416 e. The van der Waals surface area contributed by atoms with Gasteiger partial charge in [-0.05, 0) is 104 Å². The number of aromatic nitrogens is 4. The second-order valence-electron chi connectivity index (χ2n) is 25.6. The van der Waals surface area contributed by atoms with Crippen LogP contribution in [-0.2, 0) is 82.4 Å². The predicted octanol–water partition coefficient (Wildman–Crippen LogP) is 8.90. The van der Waals surface area contributed by atoms with Crippen LogP contribution in [0.2, 0.25) is 0 Å². The Bertz CT molecular complexity index is 3610. The number of benzene rings is 3. The molecule has 524 valence electrons. The molecule has 28 heteroatoms. The van der Waals surface area contributed by atoms with E-state index in [-0.39, 0.29) is 74.2 Å². The topological polar surface area (TPSA) is 282 Å². The van der Waals surface area contributed by atoms with E-state index in [4.69, 9.17) is 37.6 Å². The molecule has 8 rings (SSSR count). The number of nitrogens with zero attached hydrogens (tertiary/aromatic N) is 7. The van der Waals surface area contributed by atoms with Gasteiger partial charge in [0, 0.05) is 58.1 Å². The molecule has 25 nitrogen and oxygen atoms in total. The summed E-state index contributed by atoms with van der Waals surface area (Å²) in [6.45, 7) is 13.7. The first-order valence-corrected chi connectivity index (χ1v) is 32.2. The summed E-state index contributed by atoms with van der Waals surface area (Å²) < 4.78 is 87.2. The van der Waals surface area contributed by atoms with Gasteiger partial charge in [0.15, 0.2) is 5.69 Å². The number of likely N-dealkylation sites (N-methyl/N-ethyl adjacent to an activating group) is 1. The van der Waals surface area contributed by atoms with Gasteiger partial charge in [-0.3, -0.25) is 33.7 Å². The van der Waals surface area contributed by atoms with Crippen LogP contribution in [0.4, 0.5) is 34.3 Å². The summed E-state index contributed by atoms with van der Waals surface area (Å²) in [6, 6.07) is 22.3. The lowest BCUT2D eigenvalue weighted by Gasteiger charge is -2.42. The van der Waals surface area contributed by atoms with Crippen LogP contribution >= 0.6 is 0 Å². The molecule has 6 aromatic rings. The van der Waals surface area contributed by atoms with Crippen LogP contribution in [0.15, 0.2) is 108 Å². The summed E-state index contributed by atoms with van der Waals surface area (Å²) in [6.07, 6.45) is -0.00308. The number of amides is 6. The Morgan fingerprint density at radius 3 is 2.16 bits per heavy atom. The molecule has 0 unspecified atom stereocenters. The van der Waals surface area contributed by atoms with Crippen molar-refractivity contribution < 1.29 is 79.5 Å². The van der Waals surface area contributed by atoms with Gasteiger partial charge >= 0.3 is 18.4 Å². The van der Waals surface area contributed by atoms with E-state index >= 15 is 4.79 Å². The molecule has 0 fully saturated rings. The van der Waals surface area contributed by atoms with Crippen LogP contribution in [0.25, 0.3) is 11.5 Å². The molecule has 97 heavy (non-hydrogen) atoms. The molecule has 0 bridgehead atoms. The first-order chi connectivity index (χ1) is 46.2. The third-order valence-corrected chi connectivity index (χ3v) is 15.9. The van der Waals surface area contributed by atoms with Gasteiger partial charge in [0.1, 0.15) is 61.3 Å². The fourth-order valence-electron chi connectivity index (χ4n) is 10.8. The lowest BCUT2D eigenvalue weighted by atomic mass is 9.83. The van der Waals surface area contributed by atoms with E-state index in [1.807, 2.05) is 87.5 Å². The highest BCUT2D eigenvalue weighted by atomic mass is 19.4. The summed E-state index contributed by atoms with van der Waals surface area (Å²) in [4.78, 5) is 94.1. The summed E-state index contributed by atoms with van der Waals surface area (Å²) in [5, 5.41) is 16.7. The van der Waals surface area contributed by atoms with Crippen LogP contribution in [0.1, 0.15) is 111 Å². The number of carbonyl (C=O) groups excluding carboxylic acids is 6. The molecule has 0 saturated heterocycles. The molecular weight excluding hydrogens is 1260 g/mol. The highest BCUT2D eigenvalue weighted by Crippen LogP contribution is 2.34. The van der Waals surface area contributed by atoms with Gasteiger partial charge in [-0.15, -0.1) is 0 Å². The maximum atomic E-state index is 15.1. The fraction of sp³-hybridized carbons (Fsp3) is 0.493. The zero-order valence-electron chi connectivity index (χ0n) is 56.3. The quantitative estimate of drug-likeness (QED) is 0.0296. The zero-order chi connectivity index (χ0) is 69.9. The number of pyridine rings is 1. The third-order valence-electron chi connectivity index (χ3n) is 15.9. The average Bonchev–Trinajstić information content (AvgIpc) is 1.44. The molecule has 0 radical (unpaired) electrons. The van der Waals surface area contributed by atoms with Gasteiger partial charge in [0.05, 0.1) is 70.3 Å². The minimum absolute atomic E-state index is 0.0243. The van der Waals surface area contributed by atoms with Crippen molar-refractivity contribution in [2.24, 2.45) is 12.5 Å². The van der Waals surface area contributed by atoms with Crippen molar-refractivity contribution in [3.05, 3.63) is 143 Å². The highest BCUT2D eigenvalue weighted by Gasteiger charge is 2.44. The molecule has 2 aliphatic rings. The molecule has 6 amide bonds. The van der Waals surface area contributed by atoms with E-state index in [9.17, 15) is 37.1 Å². The Labute approximate surface area is 562 Å². The Balaban J connectivity index is 0.723. The summed E-state index contributed by atoms with van der Waals surface area (Å²) in [7, 11) is 3.16. The van der Waals surface area contributed by atoms with E-state index in [2.05, 4.69) is 42.4 Å². The van der Waals surface area contributed by atoms with Crippen LogP contribution < -0.4 is 30.9 Å². The second-order valence-corrected chi connectivity index (χ2v) is 25.6. The molecular formula is C69H88F3N11O14. The van der Waals surface area contributed by atoms with E-state index in [0.717, 1.165) is 47.8 Å². The van der Waals surface area contributed by atoms with Gasteiger partial charge in [-0.2, -0.15) is 18.3 Å². The summed E-state index contributed by atoms with van der Waals surface area (Å²) >= 11 is 0. The Kier molecular flexibility index (Phi) is 26.1. The number of carbonyl (C=O) groups is 6. The van der Waals surface area contributed by atoms with Crippen molar-refractivity contribution in [1.29, 1.82) is 0 Å². The van der Waals surface area contributed by atoms with Crippen LogP contribution in [-0.4, -0.2) is 175 Å². The number of rotatable bonds is 31. The van der Waals surface area contributed by atoms with E-state index < -0.39 is 71.8 Å². The number of anilines is 2. The van der Waals surface area contributed by atoms with Crippen LogP contribution in [0, 0.1) is 5.41 Å². The minimum atomic E-state index is -4.76. The fourth-order valence-corrected chi connectivity index (χ4v) is 10.8. The van der Waals surface area contributed by atoms with Gasteiger partial charge in [0.25, 0.3) is 5.91 Å². The molecule has 4 atom stereocenters. The average molecular weight is 1350 g/mol. The number of ether oxygens (including phenoxy) is 7. The lowest BCUT2D eigenvalue weighted by molar-refractivity contribution is -0.147. The van der Waals surface area contributed by atoms with Crippen molar-refractivity contribution >= 4 is 47.3 Å². The summed E-state index contributed by atoms with van der Waals surface area (Å²) in [5.41, 5.74) is 3.80. The maximum absolute atomic E-state index is 15.1. The minimum Gasteiger partial charge on any atom is -0.491 e. The molecule has 3 aromatic carbocycles. The number of halogens is 3. The number of nitrogens with one attached hydrogen (secondary N) is 4. The lowest BCUT2D eigenvalue weighted by Crippen LogP contribution is -2.62. The monoisotopic (exact) mass is 1350 g/mol. The van der Waals surface area contributed by atoms with Gasteiger partial charge in [0.2, 0.25) is 23.6 Å². The Morgan fingerprint density at radius 2 is 1.47 bits per heavy atom. The highest BCUT2D eigenvalue weighted by molar-refractivity contribution is 6.03. The Morgan fingerprint density at radius 1 is 0.794 bits per heavy atom. The SMILES string of the molecule is C[C@@H](C(=O)N[C@H](C(=O)N1Cc2cc(OCCOCCOCCOCCOCCNCc3nn(C)cc3NC(=O)c3coc(-c4ccnc(N(CC(F)(F)F)C(=O)OC(C)(C)C)c4)n3)ccc2C[C@H]1C(=O)N[C@@H]1CCCc2ccccc21)C(C)(C)C)N(C)C(=O)OCc1ccccc1. The molecule has 4 heterocycles. The molecule has 0 saturated carbocycles. The first kappa shape index (κ1) is 73.8. The van der Waals surface area contributed by atoms with E-state index in [1.165, 1.54) is 61.3 Å². The zero-order valence-corrected chi connectivity index (χ0v) is 56.3. The standard InChI is InChI=1S/C69H88F3N11O14/c1-45(81(9)65(88)96-42-46-16-11-10-12-17-46)60(84)78-59(67(2,3)4)64(87)82-40-50-36-51(23-22-48(50)37-57(82)62(86)75-53-21-15-19-47-18-13-14-20-52(47)53)94-35-34-93-33-32-92-31-30-91-29-28-90-27-26-73-39-54-55(41-80(8)79-54)76-61(85)56-43-95-63(77-56)49-24-25-74-58(38-49)83(44-69(70,71)72)66(89)97-68(5,6)7/h10-14,16-18,20,22-25,36,38,41,43,45,53,57,59,73H,15,19,21,26-35,37,39-40,42,44H2,1-9H3,(H,75,86)(H,76,85)(H,78,84)/t45-,53+,57-,59+/m0/s1. The number of oxazole rings is 1. The first-order valence-electron chi connectivity index (χ1n) is 32.2. The molecule has 1 aliphatic carbocycles. The number of fused-ring (bicyclic) bond motifs is 2. The maximum Gasteiger partial charge on any atom is 0.416 e. The second kappa shape index (κ2) is 34.3. The van der Waals surface area contributed by atoms with Gasteiger partial charge in [-0.25, -0.2) is 19.6 Å². The number of hydrogen-bond donors (Lipinski definition) is 4. The largest absolute Gasteiger partial charge is 0.491 e. The predicted molar refractivity (Wildman–Crippen MR) is 351 cm³/mol. The van der Waals surface area contributed by atoms with E-state index in [0.29, 0.717) is 74.8 Å². The van der Waals surface area contributed by atoms with Crippen molar-refractivity contribution in [3.63, 3.8) is 0 Å². The number of hydrogen-bond acceptors (Lipinski definition) is 18. The molecule has 1 aliphatic heterocycles. The molecule has 0 spiro atoms. The van der Waals surface area contributed by atoms with E-state index in [1.54, 1.807) is 25.1 Å². The summed E-state index contributed by atoms with van der Waals surface area (Å²) in [5.74, 6) is -1.83. The normalized spacial score (nSPS) is 15.3. The van der Waals surface area contributed by atoms with Crippen molar-refractivity contribution in [3.8, 4) is 17.2 Å². The third kappa shape index (κ3) is 22.0. The Hall–Kier alpha value is -8.96. The van der Waals surface area contributed by atoms with Gasteiger partial charge in [-0.1, -0.05) is 81.4 Å². The molecule has 3 aromatic heterocycles. The molecule has 4 N–H and O–H groups in total.